The summed E-state index contributed by atoms with van der Waals surface area (Å²) in [6.07, 6.45) is 0.143. The van der Waals surface area contributed by atoms with E-state index in [1.165, 1.54) is 10.6 Å². The summed E-state index contributed by atoms with van der Waals surface area (Å²) in [5, 5.41) is 0. The SMILES string of the molecule is Cc1cc(=O)n(CC2CO2)c(N)n1. The first-order chi connectivity index (χ1) is 6.16. The van der Waals surface area contributed by atoms with Crippen LogP contribution in [-0.4, -0.2) is 22.3 Å². The number of rotatable bonds is 2. The van der Waals surface area contributed by atoms with Crippen LogP contribution < -0.4 is 11.3 Å². The Labute approximate surface area is 75.1 Å². The van der Waals surface area contributed by atoms with Gasteiger partial charge >= 0.3 is 0 Å². The first kappa shape index (κ1) is 8.25. The molecule has 1 aromatic rings. The number of nitrogens with two attached hydrogens (primary N) is 1. The van der Waals surface area contributed by atoms with Crippen molar-refractivity contribution in [1.29, 1.82) is 0 Å². The van der Waals surface area contributed by atoms with E-state index in [9.17, 15) is 4.79 Å². The van der Waals surface area contributed by atoms with Gasteiger partial charge in [-0.3, -0.25) is 9.36 Å². The lowest BCUT2D eigenvalue weighted by Gasteiger charge is -2.06. The maximum atomic E-state index is 11.4. The van der Waals surface area contributed by atoms with E-state index in [2.05, 4.69) is 4.98 Å². The monoisotopic (exact) mass is 181 g/mol. The van der Waals surface area contributed by atoms with E-state index < -0.39 is 0 Å². The Morgan fingerprint density at radius 2 is 2.54 bits per heavy atom. The highest BCUT2D eigenvalue weighted by molar-refractivity contribution is 5.20. The zero-order chi connectivity index (χ0) is 9.42. The van der Waals surface area contributed by atoms with Gasteiger partial charge < -0.3 is 10.5 Å². The molecule has 0 spiro atoms. The Bertz CT molecular complexity index is 381. The smallest absolute Gasteiger partial charge is 0.255 e. The summed E-state index contributed by atoms with van der Waals surface area (Å²) in [5.74, 6) is 0.264. The molecule has 0 aliphatic carbocycles. The van der Waals surface area contributed by atoms with Crippen molar-refractivity contribution < 1.29 is 4.74 Å². The lowest BCUT2D eigenvalue weighted by atomic mass is 10.4. The molecule has 1 unspecified atom stereocenters. The van der Waals surface area contributed by atoms with Gasteiger partial charge in [-0.25, -0.2) is 4.98 Å². The minimum atomic E-state index is -0.111. The third-order valence-corrected chi connectivity index (χ3v) is 1.95. The maximum Gasteiger partial charge on any atom is 0.255 e. The lowest BCUT2D eigenvalue weighted by molar-refractivity contribution is 0.380. The van der Waals surface area contributed by atoms with Gasteiger partial charge in [0.15, 0.2) is 0 Å². The zero-order valence-corrected chi connectivity index (χ0v) is 7.36. The van der Waals surface area contributed by atoms with E-state index >= 15 is 0 Å². The molecule has 13 heavy (non-hydrogen) atoms. The van der Waals surface area contributed by atoms with Crippen LogP contribution in [0.1, 0.15) is 5.69 Å². The number of hydrogen-bond acceptors (Lipinski definition) is 4. The van der Waals surface area contributed by atoms with Crippen LogP contribution in [-0.2, 0) is 11.3 Å². The predicted octanol–water partition coefficient (Wildman–Crippen LogP) is -0.467. The number of anilines is 1. The summed E-state index contributed by atoms with van der Waals surface area (Å²) in [4.78, 5) is 15.4. The number of nitrogen functional groups attached to an aromatic ring is 1. The van der Waals surface area contributed by atoms with E-state index in [1.54, 1.807) is 6.92 Å². The van der Waals surface area contributed by atoms with Crippen LogP contribution in [0, 0.1) is 6.92 Å². The Morgan fingerprint density at radius 1 is 1.85 bits per heavy atom. The molecule has 1 aliphatic heterocycles. The lowest BCUT2D eigenvalue weighted by Crippen LogP contribution is -2.26. The van der Waals surface area contributed by atoms with Gasteiger partial charge in [-0.05, 0) is 6.92 Å². The molecule has 1 aliphatic rings. The van der Waals surface area contributed by atoms with Crippen LogP contribution in [0.3, 0.4) is 0 Å². The van der Waals surface area contributed by atoms with Crippen molar-refractivity contribution in [2.45, 2.75) is 19.6 Å². The normalized spacial score (nSPS) is 20.2. The van der Waals surface area contributed by atoms with Gasteiger partial charge in [0.25, 0.3) is 5.56 Å². The zero-order valence-electron chi connectivity index (χ0n) is 7.36. The summed E-state index contributed by atoms with van der Waals surface area (Å²) in [7, 11) is 0. The number of epoxide rings is 1. The van der Waals surface area contributed by atoms with Crippen molar-refractivity contribution in [2.75, 3.05) is 12.3 Å². The molecule has 5 nitrogen and oxygen atoms in total. The molecule has 0 saturated carbocycles. The van der Waals surface area contributed by atoms with Crippen LogP contribution in [0.25, 0.3) is 0 Å². The van der Waals surface area contributed by atoms with Crippen molar-refractivity contribution >= 4 is 5.95 Å². The first-order valence-corrected chi connectivity index (χ1v) is 4.12. The Morgan fingerprint density at radius 3 is 3.08 bits per heavy atom. The molecule has 70 valence electrons. The summed E-state index contributed by atoms with van der Waals surface area (Å²) >= 11 is 0. The molecule has 2 N–H and O–H groups in total. The highest BCUT2D eigenvalue weighted by Gasteiger charge is 2.24. The first-order valence-electron chi connectivity index (χ1n) is 4.12. The summed E-state index contributed by atoms with van der Waals surface area (Å²) < 4.78 is 6.44. The molecule has 2 rings (SSSR count). The van der Waals surface area contributed by atoms with Crippen molar-refractivity contribution in [2.24, 2.45) is 0 Å². The third kappa shape index (κ3) is 1.70. The van der Waals surface area contributed by atoms with Gasteiger partial charge in [0, 0.05) is 11.8 Å². The fourth-order valence-corrected chi connectivity index (χ4v) is 1.20. The second kappa shape index (κ2) is 2.85. The molecule has 1 aromatic heterocycles. The van der Waals surface area contributed by atoms with Crippen LogP contribution in [0.15, 0.2) is 10.9 Å². The molecule has 1 saturated heterocycles. The summed E-state index contributed by atoms with van der Waals surface area (Å²) in [6.45, 7) is 2.97. The van der Waals surface area contributed by atoms with Gasteiger partial charge in [0.1, 0.15) is 0 Å². The van der Waals surface area contributed by atoms with E-state index in [4.69, 9.17) is 10.5 Å². The van der Waals surface area contributed by atoms with Crippen molar-refractivity contribution in [1.82, 2.24) is 9.55 Å². The average molecular weight is 181 g/mol. The van der Waals surface area contributed by atoms with E-state index in [1.807, 2.05) is 0 Å². The molecular formula is C8H11N3O2. The quantitative estimate of drug-likeness (QED) is 0.626. The standard InChI is InChI=1S/C8H11N3O2/c1-5-2-7(12)11(8(9)10-5)3-6-4-13-6/h2,6H,3-4H2,1H3,(H2,9,10). The number of aromatic nitrogens is 2. The number of nitrogens with zero attached hydrogens (tertiary/aromatic N) is 2. The molecule has 0 amide bonds. The topological polar surface area (TPSA) is 73.4 Å². The van der Waals surface area contributed by atoms with Gasteiger partial charge in [-0.15, -0.1) is 0 Å². The number of ether oxygens (including phenoxy) is 1. The fraction of sp³-hybridized carbons (Fsp3) is 0.500. The van der Waals surface area contributed by atoms with Gasteiger partial charge in [0.2, 0.25) is 5.95 Å². The van der Waals surface area contributed by atoms with Crippen molar-refractivity contribution in [3.8, 4) is 0 Å². The minimum absolute atomic E-state index is 0.111. The Balaban J connectivity index is 2.36. The molecule has 0 radical (unpaired) electrons. The molecule has 1 fully saturated rings. The molecule has 0 bridgehead atoms. The molecule has 2 heterocycles. The molecular weight excluding hydrogens is 170 g/mol. The Kier molecular flexibility index (Phi) is 1.81. The van der Waals surface area contributed by atoms with E-state index in [0.29, 0.717) is 18.8 Å². The number of aryl methyl sites for hydroxylation is 1. The van der Waals surface area contributed by atoms with Crippen molar-refractivity contribution in [3.63, 3.8) is 0 Å². The van der Waals surface area contributed by atoms with Gasteiger partial charge in [-0.1, -0.05) is 0 Å². The second-order valence-corrected chi connectivity index (χ2v) is 3.16. The predicted molar refractivity (Wildman–Crippen MR) is 47.4 cm³/mol. The van der Waals surface area contributed by atoms with Gasteiger partial charge in [0.05, 0.1) is 19.3 Å². The maximum absolute atomic E-state index is 11.4. The summed E-state index contributed by atoms with van der Waals surface area (Å²) in [6, 6.07) is 1.47. The highest BCUT2D eigenvalue weighted by Crippen LogP contribution is 2.11. The van der Waals surface area contributed by atoms with Crippen molar-refractivity contribution in [3.05, 3.63) is 22.1 Å². The van der Waals surface area contributed by atoms with Gasteiger partial charge in [-0.2, -0.15) is 0 Å². The molecule has 0 aromatic carbocycles. The largest absolute Gasteiger partial charge is 0.371 e. The molecule has 1 atom stereocenters. The third-order valence-electron chi connectivity index (χ3n) is 1.95. The Hall–Kier alpha value is -1.36. The van der Waals surface area contributed by atoms with Crippen LogP contribution in [0.4, 0.5) is 5.95 Å². The van der Waals surface area contributed by atoms with Crippen LogP contribution >= 0.6 is 0 Å². The second-order valence-electron chi connectivity index (χ2n) is 3.16. The number of hydrogen-bond donors (Lipinski definition) is 1. The van der Waals surface area contributed by atoms with Crippen LogP contribution in [0.5, 0.6) is 0 Å². The molecule has 5 heteroatoms. The average Bonchev–Trinajstić information content (AvgIpc) is 2.79. The van der Waals surface area contributed by atoms with Crippen LogP contribution in [0.2, 0.25) is 0 Å². The minimum Gasteiger partial charge on any atom is -0.371 e. The highest BCUT2D eigenvalue weighted by atomic mass is 16.6. The van der Waals surface area contributed by atoms with E-state index in [0.717, 1.165) is 0 Å². The summed E-state index contributed by atoms with van der Waals surface area (Å²) in [5.41, 5.74) is 6.13. The van der Waals surface area contributed by atoms with E-state index in [-0.39, 0.29) is 17.6 Å². The fourth-order valence-electron chi connectivity index (χ4n) is 1.20.